The number of carbonyl (C=O) groups excluding carboxylic acids is 1. The van der Waals surface area contributed by atoms with Crippen molar-refractivity contribution in [3.8, 4) is 0 Å². The summed E-state index contributed by atoms with van der Waals surface area (Å²) in [7, 11) is -3.43. The molecule has 1 heterocycles. The molecule has 1 aromatic rings. The van der Waals surface area contributed by atoms with Crippen LogP contribution in [0.15, 0.2) is 12.4 Å². The summed E-state index contributed by atoms with van der Waals surface area (Å²) in [6.45, 7) is 7.00. The van der Waals surface area contributed by atoms with Gasteiger partial charge in [0.25, 0.3) is 0 Å². The zero-order valence-electron chi connectivity index (χ0n) is 15.6. The van der Waals surface area contributed by atoms with E-state index >= 15 is 0 Å². The second-order valence-electron chi connectivity index (χ2n) is 8.17. The van der Waals surface area contributed by atoms with Crippen molar-refractivity contribution in [2.45, 2.75) is 58.1 Å². The average Bonchev–Trinajstić information content (AvgIpc) is 3.12. The van der Waals surface area contributed by atoms with Gasteiger partial charge in [0.2, 0.25) is 10.0 Å². The molecule has 0 bridgehead atoms. The van der Waals surface area contributed by atoms with Crippen LogP contribution < -0.4 is 10.0 Å². The lowest BCUT2D eigenvalue weighted by Crippen LogP contribution is -2.47. The maximum absolute atomic E-state index is 12.4. The number of rotatable bonds is 5. The van der Waals surface area contributed by atoms with Gasteiger partial charge in [-0.3, -0.25) is 4.72 Å². The number of fused-ring (bicyclic) bond motifs is 1. The molecule has 2 atom stereocenters. The van der Waals surface area contributed by atoms with Crippen LogP contribution in [0.4, 0.5) is 10.6 Å². The molecule has 3 rings (SSSR count). The van der Waals surface area contributed by atoms with E-state index in [1.807, 2.05) is 20.8 Å². The van der Waals surface area contributed by atoms with Gasteiger partial charge in [-0.05, 0) is 58.8 Å². The lowest BCUT2D eigenvalue weighted by atomic mass is 9.89. The fourth-order valence-corrected chi connectivity index (χ4v) is 4.14. The van der Waals surface area contributed by atoms with Gasteiger partial charge < -0.3 is 10.1 Å². The number of nitrogens with zero attached hydrogens (tertiary/aromatic N) is 2. The van der Waals surface area contributed by atoms with Crippen molar-refractivity contribution in [1.29, 1.82) is 0 Å². The van der Waals surface area contributed by atoms with Gasteiger partial charge in [-0.1, -0.05) is 0 Å². The highest BCUT2D eigenvalue weighted by Gasteiger charge is 2.56. The largest absolute Gasteiger partial charge is 0.444 e. The molecule has 8 nitrogen and oxygen atoms in total. The number of carbonyl (C=O) groups is 1. The Morgan fingerprint density at radius 1 is 1.31 bits per heavy atom. The Kier molecular flexibility index (Phi) is 4.62. The fourth-order valence-electron chi connectivity index (χ4n) is 3.57. The maximum atomic E-state index is 12.4. The van der Waals surface area contributed by atoms with E-state index in [4.69, 9.17) is 4.74 Å². The minimum absolute atomic E-state index is 0.0439. The van der Waals surface area contributed by atoms with E-state index in [-0.39, 0.29) is 11.6 Å². The highest BCUT2D eigenvalue weighted by atomic mass is 32.2. The highest BCUT2D eigenvalue weighted by Crippen LogP contribution is 2.59. The van der Waals surface area contributed by atoms with Gasteiger partial charge >= 0.3 is 6.09 Å². The molecule has 0 spiro atoms. The molecule has 0 aromatic carbocycles. The summed E-state index contributed by atoms with van der Waals surface area (Å²) in [5, 5.41) is 3.00. The normalized spacial score (nSPS) is 27.5. The number of ether oxygens (including phenoxy) is 1. The van der Waals surface area contributed by atoms with E-state index in [0.29, 0.717) is 17.5 Å². The van der Waals surface area contributed by atoms with Crippen molar-refractivity contribution in [2.75, 3.05) is 10.5 Å². The van der Waals surface area contributed by atoms with Crippen LogP contribution in [0, 0.1) is 11.8 Å². The van der Waals surface area contributed by atoms with Crippen molar-refractivity contribution in [2.24, 2.45) is 11.8 Å². The summed E-state index contributed by atoms with van der Waals surface area (Å²) in [5.41, 5.74) is -0.634. The lowest BCUT2D eigenvalue weighted by Gasteiger charge is -2.32. The van der Waals surface area contributed by atoms with Gasteiger partial charge in [0, 0.05) is 6.07 Å². The van der Waals surface area contributed by atoms with Crippen LogP contribution in [0.25, 0.3) is 0 Å². The zero-order chi connectivity index (χ0) is 19.2. The Bertz CT molecular complexity index is 793. The molecule has 0 aliphatic heterocycles. The predicted molar refractivity (Wildman–Crippen MR) is 97.0 cm³/mol. The molecule has 2 aliphatic rings. The maximum Gasteiger partial charge on any atom is 0.408 e. The molecule has 2 saturated carbocycles. The van der Waals surface area contributed by atoms with E-state index in [1.54, 1.807) is 13.0 Å². The standard InChI is InChI=1S/C17H26N4O4S/c1-5-26(23,24)21-14-7-13(18-10-19-14)17(8-11-6-12(11)9-17)20-15(22)25-16(2,3)4/h7,10-12H,5-6,8-9H2,1-4H3,(H,20,22)(H,18,19,21). The number of sulfonamides is 1. The smallest absolute Gasteiger partial charge is 0.408 e. The van der Waals surface area contributed by atoms with E-state index in [2.05, 4.69) is 20.0 Å². The molecule has 2 aliphatic carbocycles. The van der Waals surface area contributed by atoms with Gasteiger partial charge in [-0.25, -0.2) is 23.2 Å². The van der Waals surface area contributed by atoms with Crippen LogP contribution >= 0.6 is 0 Å². The second kappa shape index (κ2) is 6.37. The van der Waals surface area contributed by atoms with Crippen molar-refractivity contribution in [3.63, 3.8) is 0 Å². The molecular weight excluding hydrogens is 356 g/mol. The Balaban J connectivity index is 1.86. The second-order valence-corrected chi connectivity index (χ2v) is 10.2. The van der Waals surface area contributed by atoms with Crippen LogP contribution in [0.5, 0.6) is 0 Å². The minimum atomic E-state index is -3.43. The molecule has 1 amide bonds. The molecule has 144 valence electrons. The molecule has 2 N–H and O–H groups in total. The molecule has 9 heteroatoms. The van der Waals surface area contributed by atoms with Crippen LogP contribution in [-0.4, -0.2) is 35.8 Å². The third kappa shape index (κ3) is 4.25. The summed E-state index contributed by atoms with van der Waals surface area (Å²) in [4.78, 5) is 20.7. The molecule has 0 saturated heterocycles. The Labute approximate surface area is 154 Å². The molecule has 2 fully saturated rings. The molecular formula is C17H26N4O4S. The van der Waals surface area contributed by atoms with Crippen LogP contribution in [0.1, 0.15) is 52.7 Å². The quantitative estimate of drug-likeness (QED) is 0.809. The Morgan fingerprint density at radius 2 is 1.96 bits per heavy atom. The zero-order valence-corrected chi connectivity index (χ0v) is 16.4. The number of alkyl carbamates (subject to hydrolysis) is 1. The molecule has 2 unspecified atom stereocenters. The van der Waals surface area contributed by atoms with Gasteiger partial charge in [0.1, 0.15) is 17.7 Å². The minimum Gasteiger partial charge on any atom is -0.444 e. The first-order chi connectivity index (χ1) is 12.0. The third-order valence-electron chi connectivity index (χ3n) is 4.83. The Hall–Kier alpha value is -1.90. The van der Waals surface area contributed by atoms with Gasteiger partial charge in [0.15, 0.2) is 0 Å². The number of anilines is 1. The summed E-state index contributed by atoms with van der Waals surface area (Å²) in [6, 6.07) is 1.61. The Morgan fingerprint density at radius 3 is 2.54 bits per heavy atom. The van der Waals surface area contributed by atoms with Gasteiger partial charge in [-0.2, -0.15) is 0 Å². The number of amides is 1. The lowest BCUT2D eigenvalue weighted by molar-refractivity contribution is 0.0442. The first-order valence-corrected chi connectivity index (χ1v) is 10.5. The monoisotopic (exact) mass is 382 g/mol. The average molecular weight is 382 g/mol. The van der Waals surface area contributed by atoms with Crippen molar-refractivity contribution in [3.05, 3.63) is 18.1 Å². The topological polar surface area (TPSA) is 110 Å². The summed E-state index contributed by atoms with van der Waals surface area (Å²) < 4.78 is 31.5. The number of hydrogen-bond acceptors (Lipinski definition) is 6. The van der Waals surface area contributed by atoms with Crippen molar-refractivity contribution in [1.82, 2.24) is 15.3 Å². The number of aromatic nitrogens is 2. The summed E-state index contributed by atoms with van der Waals surface area (Å²) in [5.74, 6) is 1.30. The van der Waals surface area contributed by atoms with Crippen LogP contribution in [0.3, 0.4) is 0 Å². The predicted octanol–water partition coefficient (Wildman–Crippen LogP) is 2.39. The van der Waals surface area contributed by atoms with Crippen molar-refractivity contribution < 1.29 is 17.9 Å². The number of hydrogen-bond donors (Lipinski definition) is 2. The molecule has 26 heavy (non-hydrogen) atoms. The fraction of sp³-hybridized carbons (Fsp3) is 0.706. The van der Waals surface area contributed by atoms with E-state index in [9.17, 15) is 13.2 Å². The van der Waals surface area contributed by atoms with E-state index in [0.717, 1.165) is 19.3 Å². The van der Waals surface area contributed by atoms with Gasteiger partial charge in [-0.15, -0.1) is 0 Å². The molecule has 0 radical (unpaired) electrons. The van der Waals surface area contributed by atoms with Gasteiger partial charge in [0.05, 0.1) is 17.0 Å². The van der Waals surface area contributed by atoms with Crippen LogP contribution in [-0.2, 0) is 20.3 Å². The first kappa shape index (κ1) is 18.9. The number of nitrogens with one attached hydrogen (secondary N) is 2. The van der Waals surface area contributed by atoms with E-state index < -0.39 is 27.3 Å². The molecule has 1 aromatic heterocycles. The summed E-state index contributed by atoms with van der Waals surface area (Å²) >= 11 is 0. The highest BCUT2D eigenvalue weighted by molar-refractivity contribution is 7.92. The summed E-state index contributed by atoms with van der Waals surface area (Å²) in [6.07, 6.45) is 3.54. The van der Waals surface area contributed by atoms with E-state index in [1.165, 1.54) is 6.33 Å². The first-order valence-electron chi connectivity index (χ1n) is 8.86. The van der Waals surface area contributed by atoms with Crippen LogP contribution in [0.2, 0.25) is 0 Å². The SMILES string of the molecule is CCS(=O)(=O)Nc1cc(C2(NC(=O)OC(C)(C)C)CC3CC3C2)ncn1. The van der Waals surface area contributed by atoms with Crippen molar-refractivity contribution >= 4 is 21.9 Å². The third-order valence-corrected chi connectivity index (χ3v) is 6.11.